The highest BCUT2D eigenvalue weighted by atomic mass is 16.7. The number of benzene rings is 3. The van der Waals surface area contributed by atoms with Crippen molar-refractivity contribution in [1.82, 2.24) is 0 Å². The van der Waals surface area contributed by atoms with Crippen LogP contribution in [0.3, 0.4) is 0 Å². The van der Waals surface area contributed by atoms with Gasteiger partial charge in [0.1, 0.15) is 11.5 Å². The highest BCUT2D eigenvalue weighted by molar-refractivity contribution is 6.14. The summed E-state index contributed by atoms with van der Waals surface area (Å²) in [6.45, 7) is 0.128. The molecule has 0 unspecified atom stereocenters. The number of ketones is 1. The van der Waals surface area contributed by atoms with Crippen molar-refractivity contribution in [3.8, 4) is 23.0 Å². The topological polar surface area (TPSA) is 71.1 Å². The third-order valence-corrected chi connectivity index (χ3v) is 4.56. The molecule has 0 saturated heterocycles. The molecule has 142 valence electrons. The Morgan fingerprint density at radius 3 is 2.59 bits per heavy atom. The number of allylic oxidation sites excluding steroid dienone is 1. The van der Waals surface area contributed by atoms with Gasteiger partial charge < -0.3 is 18.9 Å². The molecule has 0 aromatic heterocycles. The van der Waals surface area contributed by atoms with Gasteiger partial charge in [0, 0.05) is 6.07 Å². The second kappa shape index (κ2) is 6.83. The molecule has 3 aromatic carbocycles. The number of carbonyl (C=O) groups is 2. The van der Waals surface area contributed by atoms with Crippen LogP contribution in [0.4, 0.5) is 0 Å². The quantitative estimate of drug-likeness (QED) is 0.381. The zero-order valence-corrected chi connectivity index (χ0v) is 15.1. The summed E-state index contributed by atoms with van der Waals surface area (Å²) in [5.41, 5.74) is 1.62. The van der Waals surface area contributed by atoms with E-state index in [4.69, 9.17) is 18.9 Å². The second-order valence-corrected chi connectivity index (χ2v) is 6.47. The van der Waals surface area contributed by atoms with Crippen LogP contribution in [0, 0.1) is 0 Å². The molecule has 6 heteroatoms. The highest BCUT2D eigenvalue weighted by Gasteiger charge is 2.28. The summed E-state index contributed by atoms with van der Waals surface area (Å²) in [6.07, 6.45) is 1.68. The average molecular weight is 386 g/mol. The minimum Gasteiger partial charge on any atom is -0.454 e. The van der Waals surface area contributed by atoms with E-state index in [9.17, 15) is 9.59 Å². The van der Waals surface area contributed by atoms with E-state index in [-0.39, 0.29) is 24.1 Å². The van der Waals surface area contributed by atoms with Crippen molar-refractivity contribution in [2.75, 3.05) is 6.79 Å². The van der Waals surface area contributed by atoms with Gasteiger partial charge in [-0.15, -0.1) is 0 Å². The maximum Gasteiger partial charge on any atom is 0.343 e. The van der Waals surface area contributed by atoms with Crippen LogP contribution in [0.15, 0.2) is 72.5 Å². The lowest BCUT2D eigenvalue weighted by Crippen LogP contribution is -2.08. The molecule has 0 fully saturated rings. The van der Waals surface area contributed by atoms with E-state index < -0.39 is 5.97 Å². The first-order valence-electron chi connectivity index (χ1n) is 8.92. The van der Waals surface area contributed by atoms with Gasteiger partial charge in [-0.25, -0.2) is 4.79 Å². The van der Waals surface area contributed by atoms with E-state index in [1.165, 1.54) is 6.07 Å². The molecule has 0 atom stereocenters. The van der Waals surface area contributed by atoms with Gasteiger partial charge in [0.15, 0.2) is 17.3 Å². The summed E-state index contributed by atoms with van der Waals surface area (Å²) in [5, 5.41) is 0. The third kappa shape index (κ3) is 3.21. The van der Waals surface area contributed by atoms with Crippen molar-refractivity contribution in [3.05, 3.63) is 89.2 Å². The van der Waals surface area contributed by atoms with Gasteiger partial charge in [-0.05, 0) is 42.0 Å². The Bertz CT molecular complexity index is 1160. The predicted octanol–water partition coefficient (Wildman–Crippen LogP) is 4.25. The van der Waals surface area contributed by atoms with Crippen molar-refractivity contribution in [1.29, 1.82) is 0 Å². The zero-order valence-electron chi connectivity index (χ0n) is 15.1. The molecule has 0 spiro atoms. The summed E-state index contributed by atoms with van der Waals surface area (Å²) in [4.78, 5) is 25.0. The van der Waals surface area contributed by atoms with E-state index in [0.29, 0.717) is 28.4 Å². The third-order valence-electron chi connectivity index (χ3n) is 4.56. The van der Waals surface area contributed by atoms with Gasteiger partial charge in [-0.3, -0.25) is 4.79 Å². The van der Waals surface area contributed by atoms with Crippen molar-refractivity contribution < 1.29 is 28.5 Å². The Kier molecular flexibility index (Phi) is 4.02. The van der Waals surface area contributed by atoms with Crippen LogP contribution in [-0.2, 0) is 0 Å². The first-order valence-corrected chi connectivity index (χ1v) is 8.92. The number of carbonyl (C=O) groups excluding carboxylic acids is 2. The summed E-state index contributed by atoms with van der Waals surface area (Å²) >= 11 is 0. The van der Waals surface area contributed by atoms with E-state index in [1.807, 2.05) is 30.3 Å². The summed E-state index contributed by atoms with van der Waals surface area (Å²) in [5.74, 6) is 1.19. The smallest absolute Gasteiger partial charge is 0.343 e. The van der Waals surface area contributed by atoms with Gasteiger partial charge in [-0.1, -0.05) is 30.3 Å². The fourth-order valence-corrected chi connectivity index (χ4v) is 3.12. The maximum atomic E-state index is 12.5. The zero-order chi connectivity index (χ0) is 19.8. The van der Waals surface area contributed by atoms with Crippen molar-refractivity contribution >= 4 is 17.8 Å². The van der Waals surface area contributed by atoms with Gasteiger partial charge >= 0.3 is 5.97 Å². The number of rotatable bonds is 3. The van der Waals surface area contributed by atoms with E-state index in [2.05, 4.69) is 0 Å². The first kappa shape index (κ1) is 17.1. The van der Waals surface area contributed by atoms with Gasteiger partial charge in [0.05, 0.1) is 11.1 Å². The largest absolute Gasteiger partial charge is 0.454 e. The monoisotopic (exact) mass is 386 g/mol. The molecular weight excluding hydrogens is 372 g/mol. The lowest BCUT2D eigenvalue weighted by atomic mass is 10.1. The minimum absolute atomic E-state index is 0.128. The number of Topliss-reactive ketones (excluding diaryl/α,β-unsaturated/α-hetero) is 1. The van der Waals surface area contributed by atoms with Crippen molar-refractivity contribution in [2.45, 2.75) is 0 Å². The van der Waals surface area contributed by atoms with Crippen LogP contribution < -0.4 is 18.9 Å². The molecule has 0 amide bonds. The molecule has 0 radical (unpaired) electrons. The van der Waals surface area contributed by atoms with Crippen molar-refractivity contribution in [3.63, 3.8) is 0 Å². The van der Waals surface area contributed by atoms with Gasteiger partial charge in [0.25, 0.3) is 0 Å². The number of hydrogen-bond donors (Lipinski definition) is 0. The SMILES string of the molecule is O=C(Oc1ccc2c(c1)O/C(=C/c1ccccc1)C2=O)c1ccc2c(c1)OCO2. The average Bonchev–Trinajstić information content (AvgIpc) is 3.33. The Labute approximate surface area is 165 Å². The lowest BCUT2D eigenvalue weighted by molar-refractivity contribution is 0.0734. The Hall–Kier alpha value is -4.06. The predicted molar refractivity (Wildman–Crippen MR) is 103 cm³/mol. The van der Waals surface area contributed by atoms with E-state index in [0.717, 1.165) is 5.56 Å². The molecular formula is C23H14O6. The fraction of sp³-hybridized carbons (Fsp3) is 0.0435. The van der Waals surface area contributed by atoms with Crippen LogP contribution in [0.25, 0.3) is 6.08 Å². The Balaban J connectivity index is 1.36. The minimum atomic E-state index is -0.548. The molecule has 2 aliphatic heterocycles. The molecule has 2 heterocycles. The number of esters is 1. The first-order chi connectivity index (χ1) is 14.2. The van der Waals surface area contributed by atoms with Crippen LogP contribution >= 0.6 is 0 Å². The molecule has 0 bridgehead atoms. The molecule has 3 aromatic rings. The fourth-order valence-electron chi connectivity index (χ4n) is 3.12. The molecule has 6 nitrogen and oxygen atoms in total. The number of hydrogen-bond acceptors (Lipinski definition) is 6. The van der Waals surface area contributed by atoms with E-state index in [1.54, 1.807) is 36.4 Å². The number of fused-ring (bicyclic) bond motifs is 2. The highest BCUT2D eigenvalue weighted by Crippen LogP contribution is 2.36. The lowest BCUT2D eigenvalue weighted by Gasteiger charge is -2.06. The van der Waals surface area contributed by atoms with Crippen LogP contribution in [0.5, 0.6) is 23.0 Å². The molecule has 0 aliphatic carbocycles. The molecule has 0 N–H and O–H groups in total. The van der Waals surface area contributed by atoms with Crippen LogP contribution in [0.1, 0.15) is 26.3 Å². The maximum absolute atomic E-state index is 12.5. The second-order valence-electron chi connectivity index (χ2n) is 6.47. The molecule has 2 aliphatic rings. The summed E-state index contributed by atoms with van der Waals surface area (Å²) < 4.78 is 21.6. The van der Waals surface area contributed by atoms with Crippen LogP contribution in [0.2, 0.25) is 0 Å². The normalized spacial score (nSPS) is 15.2. The van der Waals surface area contributed by atoms with E-state index >= 15 is 0 Å². The Morgan fingerprint density at radius 2 is 1.72 bits per heavy atom. The molecule has 5 rings (SSSR count). The standard InChI is InChI=1S/C23H14O6/c24-22-17-8-7-16(12-19(17)29-21(22)10-14-4-2-1-3-5-14)28-23(25)15-6-9-18-20(11-15)27-13-26-18/h1-12H,13H2/b21-10+. The van der Waals surface area contributed by atoms with Crippen molar-refractivity contribution in [2.24, 2.45) is 0 Å². The van der Waals surface area contributed by atoms with Gasteiger partial charge in [0.2, 0.25) is 12.6 Å². The van der Waals surface area contributed by atoms with Gasteiger partial charge in [-0.2, -0.15) is 0 Å². The Morgan fingerprint density at radius 1 is 0.897 bits per heavy atom. The molecule has 0 saturated carbocycles. The summed E-state index contributed by atoms with van der Waals surface area (Å²) in [6, 6.07) is 18.9. The number of ether oxygens (including phenoxy) is 4. The van der Waals surface area contributed by atoms with Crippen LogP contribution in [-0.4, -0.2) is 18.5 Å². The summed E-state index contributed by atoms with van der Waals surface area (Å²) in [7, 11) is 0. The molecule has 29 heavy (non-hydrogen) atoms.